The van der Waals surface area contributed by atoms with Crippen LogP contribution in [0.3, 0.4) is 0 Å². The van der Waals surface area contributed by atoms with Crippen molar-refractivity contribution in [3.8, 4) is 5.69 Å². The summed E-state index contributed by atoms with van der Waals surface area (Å²) in [6.45, 7) is 3.19. The van der Waals surface area contributed by atoms with Crippen molar-refractivity contribution in [2.75, 3.05) is 19.8 Å². The van der Waals surface area contributed by atoms with Gasteiger partial charge in [-0.3, -0.25) is 0 Å². The number of nitrogens with zero attached hydrogens (tertiary/aromatic N) is 2. The van der Waals surface area contributed by atoms with Crippen molar-refractivity contribution in [2.45, 2.75) is 6.92 Å². The maximum absolute atomic E-state index is 11.5. The summed E-state index contributed by atoms with van der Waals surface area (Å²) >= 11 is 0. The molecule has 0 unspecified atom stereocenters. The number of aromatic nitrogens is 2. The van der Waals surface area contributed by atoms with E-state index in [4.69, 9.17) is 9.47 Å². The molecule has 0 aliphatic rings. The quantitative estimate of drug-likeness (QED) is 0.446. The van der Waals surface area contributed by atoms with Gasteiger partial charge in [0.25, 0.3) is 0 Å². The Hall–Kier alpha value is -2.40. The third-order valence-corrected chi connectivity index (χ3v) is 2.71. The van der Waals surface area contributed by atoms with Crippen LogP contribution in [-0.4, -0.2) is 35.6 Å². The Morgan fingerprint density at radius 3 is 2.86 bits per heavy atom. The van der Waals surface area contributed by atoms with Crippen LogP contribution in [0.15, 0.2) is 48.8 Å². The van der Waals surface area contributed by atoms with Crippen molar-refractivity contribution in [1.82, 2.24) is 9.78 Å². The fourth-order valence-corrected chi connectivity index (χ4v) is 1.70. The van der Waals surface area contributed by atoms with Crippen LogP contribution in [0.5, 0.6) is 0 Å². The van der Waals surface area contributed by atoms with Crippen LogP contribution in [-0.2, 0) is 14.3 Å². The number of para-hydroxylation sites is 1. The van der Waals surface area contributed by atoms with Crippen LogP contribution in [0.25, 0.3) is 11.8 Å². The number of rotatable bonds is 7. The second kappa shape index (κ2) is 8.01. The van der Waals surface area contributed by atoms with Crippen LogP contribution in [0.4, 0.5) is 0 Å². The van der Waals surface area contributed by atoms with Crippen LogP contribution in [0, 0.1) is 0 Å². The molecule has 1 aromatic carbocycles. The van der Waals surface area contributed by atoms with E-state index >= 15 is 0 Å². The molecular formula is C16H18N2O3. The summed E-state index contributed by atoms with van der Waals surface area (Å²) in [5.41, 5.74) is 1.80. The summed E-state index contributed by atoms with van der Waals surface area (Å²) in [4.78, 5) is 11.5. The smallest absolute Gasteiger partial charge is 0.330 e. The van der Waals surface area contributed by atoms with Crippen molar-refractivity contribution < 1.29 is 14.3 Å². The van der Waals surface area contributed by atoms with Gasteiger partial charge in [0.05, 0.1) is 18.5 Å². The van der Waals surface area contributed by atoms with E-state index in [9.17, 15) is 4.79 Å². The first-order valence-corrected chi connectivity index (χ1v) is 6.82. The van der Waals surface area contributed by atoms with E-state index in [1.807, 2.05) is 43.5 Å². The molecule has 0 saturated heterocycles. The number of hydrogen-bond donors (Lipinski definition) is 0. The molecule has 0 aliphatic heterocycles. The summed E-state index contributed by atoms with van der Waals surface area (Å²) in [5, 5.41) is 4.24. The number of ether oxygens (including phenoxy) is 2. The minimum Gasteiger partial charge on any atom is -0.460 e. The molecule has 2 aromatic rings. The van der Waals surface area contributed by atoms with Gasteiger partial charge in [-0.2, -0.15) is 5.10 Å². The molecule has 1 heterocycles. The second-order valence-corrected chi connectivity index (χ2v) is 4.25. The lowest BCUT2D eigenvalue weighted by molar-refractivity contribution is -0.139. The second-order valence-electron chi connectivity index (χ2n) is 4.25. The molecule has 5 nitrogen and oxygen atoms in total. The van der Waals surface area contributed by atoms with E-state index in [0.717, 1.165) is 11.3 Å². The zero-order chi connectivity index (χ0) is 14.9. The Labute approximate surface area is 123 Å². The fourth-order valence-electron chi connectivity index (χ4n) is 1.70. The molecule has 0 amide bonds. The number of carbonyl (C=O) groups excluding carboxylic acids is 1. The Balaban J connectivity index is 1.87. The molecular weight excluding hydrogens is 268 g/mol. The average molecular weight is 286 g/mol. The van der Waals surface area contributed by atoms with E-state index in [2.05, 4.69) is 5.10 Å². The first-order valence-electron chi connectivity index (χ1n) is 6.82. The van der Waals surface area contributed by atoms with Gasteiger partial charge >= 0.3 is 5.97 Å². The molecule has 0 fully saturated rings. The van der Waals surface area contributed by atoms with E-state index in [1.165, 1.54) is 6.08 Å². The molecule has 0 bridgehead atoms. The fraction of sp³-hybridized carbons (Fsp3) is 0.250. The molecule has 0 N–H and O–H groups in total. The maximum Gasteiger partial charge on any atom is 0.330 e. The monoisotopic (exact) mass is 286 g/mol. The minimum atomic E-state index is -0.387. The Kier molecular flexibility index (Phi) is 5.72. The van der Waals surface area contributed by atoms with Crippen LogP contribution >= 0.6 is 0 Å². The number of esters is 1. The summed E-state index contributed by atoms with van der Waals surface area (Å²) in [6, 6.07) is 9.77. The third-order valence-electron chi connectivity index (χ3n) is 2.71. The largest absolute Gasteiger partial charge is 0.460 e. The molecule has 0 atom stereocenters. The number of carbonyl (C=O) groups is 1. The van der Waals surface area contributed by atoms with Crippen LogP contribution < -0.4 is 0 Å². The van der Waals surface area contributed by atoms with E-state index in [0.29, 0.717) is 13.2 Å². The SMILES string of the molecule is CCOCCOC(=O)/C=C/c1cnn(-c2ccccc2)c1. The minimum absolute atomic E-state index is 0.264. The molecule has 5 heteroatoms. The van der Waals surface area contributed by atoms with Gasteiger partial charge in [-0.1, -0.05) is 18.2 Å². The molecule has 0 radical (unpaired) electrons. The van der Waals surface area contributed by atoms with Crippen LogP contribution in [0.2, 0.25) is 0 Å². The van der Waals surface area contributed by atoms with Gasteiger partial charge in [0, 0.05) is 24.4 Å². The normalized spacial score (nSPS) is 10.9. The lowest BCUT2D eigenvalue weighted by Gasteiger charge is -2.01. The molecule has 2 rings (SSSR count). The lowest BCUT2D eigenvalue weighted by atomic mass is 10.3. The van der Waals surface area contributed by atoms with Gasteiger partial charge in [0.2, 0.25) is 0 Å². The standard InChI is InChI=1S/C16H18N2O3/c1-2-20-10-11-21-16(19)9-8-14-12-17-18(13-14)15-6-4-3-5-7-15/h3-9,12-13H,2,10-11H2,1H3/b9-8+. The highest BCUT2D eigenvalue weighted by Gasteiger charge is 2.00. The van der Waals surface area contributed by atoms with Crippen molar-refractivity contribution in [3.63, 3.8) is 0 Å². The molecule has 110 valence electrons. The molecule has 21 heavy (non-hydrogen) atoms. The van der Waals surface area contributed by atoms with Gasteiger partial charge < -0.3 is 9.47 Å². The van der Waals surface area contributed by atoms with Gasteiger partial charge in [-0.05, 0) is 25.1 Å². The van der Waals surface area contributed by atoms with Gasteiger partial charge in [-0.15, -0.1) is 0 Å². The highest BCUT2D eigenvalue weighted by Crippen LogP contribution is 2.08. The Morgan fingerprint density at radius 1 is 1.29 bits per heavy atom. The van der Waals surface area contributed by atoms with Crippen molar-refractivity contribution in [1.29, 1.82) is 0 Å². The van der Waals surface area contributed by atoms with Crippen molar-refractivity contribution in [3.05, 3.63) is 54.4 Å². The highest BCUT2D eigenvalue weighted by atomic mass is 16.6. The van der Waals surface area contributed by atoms with E-state index < -0.39 is 0 Å². The molecule has 0 saturated carbocycles. The first kappa shape index (κ1) is 15.0. The summed E-state index contributed by atoms with van der Waals surface area (Å²) < 4.78 is 11.8. The first-order chi connectivity index (χ1) is 10.3. The zero-order valence-corrected chi connectivity index (χ0v) is 11.9. The van der Waals surface area contributed by atoms with Crippen LogP contribution in [0.1, 0.15) is 12.5 Å². The maximum atomic E-state index is 11.5. The third kappa shape index (κ3) is 4.89. The van der Waals surface area contributed by atoms with E-state index in [-0.39, 0.29) is 12.6 Å². The molecule has 0 aliphatic carbocycles. The summed E-state index contributed by atoms with van der Waals surface area (Å²) in [5.74, 6) is -0.387. The van der Waals surface area contributed by atoms with Crippen molar-refractivity contribution >= 4 is 12.0 Å². The van der Waals surface area contributed by atoms with Gasteiger partial charge in [0.1, 0.15) is 6.61 Å². The highest BCUT2D eigenvalue weighted by molar-refractivity contribution is 5.86. The topological polar surface area (TPSA) is 53.4 Å². The Bertz CT molecular complexity index is 591. The van der Waals surface area contributed by atoms with Gasteiger partial charge in [-0.25, -0.2) is 9.48 Å². The lowest BCUT2D eigenvalue weighted by Crippen LogP contribution is -2.08. The number of hydrogen-bond acceptors (Lipinski definition) is 4. The molecule has 0 spiro atoms. The summed E-state index contributed by atoms with van der Waals surface area (Å²) in [6.07, 6.45) is 6.60. The Morgan fingerprint density at radius 2 is 2.10 bits per heavy atom. The van der Waals surface area contributed by atoms with E-state index in [1.54, 1.807) is 17.0 Å². The average Bonchev–Trinajstić information content (AvgIpc) is 2.99. The predicted octanol–water partition coefficient (Wildman–Crippen LogP) is 2.47. The van der Waals surface area contributed by atoms with Crippen molar-refractivity contribution in [2.24, 2.45) is 0 Å². The van der Waals surface area contributed by atoms with Gasteiger partial charge in [0.15, 0.2) is 0 Å². The zero-order valence-electron chi connectivity index (χ0n) is 11.9. The number of benzene rings is 1. The predicted molar refractivity (Wildman–Crippen MR) is 80.1 cm³/mol. The molecule has 1 aromatic heterocycles. The summed E-state index contributed by atoms with van der Waals surface area (Å²) in [7, 11) is 0.